The molecule has 36 heavy (non-hydrogen) atoms. The summed E-state index contributed by atoms with van der Waals surface area (Å²) in [6.07, 6.45) is 1.54. The number of rotatable bonds is 8. The fraction of sp³-hybridized carbons (Fsp3) is 0.480. The molecule has 0 bridgehead atoms. The van der Waals surface area contributed by atoms with Gasteiger partial charge in [-0.2, -0.15) is 4.80 Å². The average molecular weight is 515 g/mol. The molecule has 1 aliphatic heterocycles. The first kappa shape index (κ1) is 25.8. The van der Waals surface area contributed by atoms with Gasteiger partial charge in [0.1, 0.15) is 18.3 Å². The standard InChI is InChI=1S/C25H31ClN6O4/c1-16-7-12-20(36-16)23-28-30-32(29-23)15-21(33)31(14-19-6-5-13-35-19)22(24(34)27-25(2,3)4)17-8-10-18(26)11-9-17/h7-12,19,22H,5-6,13-15H2,1-4H3,(H,27,34)/t19-,22-/m0/s1. The largest absolute Gasteiger partial charge is 0.458 e. The van der Waals surface area contributed by atoms with Crippen LogP contribution >= 0.6 is 11.6 Å². The highest BCUT2D eigenvalue weighted by Gasteiger charge is 2.36. The van der Waals surface area contributed by atoms with Crippen LogP contribution in [0.25, 0.3) is 11.6 Å². The van der Waals surface area contributed by atoms with Crippen molar-refractivity contribution in [1.82, 2.24) is 30.4 Å². The maximum absolute atomic E-state index is 13.7. The first-order valence-electron chi connectivity index (χ1n) is 11.9. The van der Waals surface area contributed by atoms with E-state index in [-0.39, 0.29) is 36.8 Å². The lowest BCUT2D eigenvalue weighted by Crippen LogP contribution is -2.51. The van der Waals surface area contributed by atoms with Crippen LogP contribution in [0.3, 0.4) is 0 Å². The molecule has 0 saturated carbocycles. The van der Waals surface area contributed by atoms with Gasteiger partial charge in [-0.25, -0.2) is 0 Å². The Morgan fingerprint density at radius 3 is 2.58 bits per heavy atom. The topological polar surface area (TPSA) is 115 Å². The molecule has 3 aromatic rings. The number of hydrogen-bond acceptors (Lipinski definition) is 7. The molecule has 2 amide bonds. The molecule has 10 nitrogen and oxygen atoms in total. The van der Waals surface area contributed by atoms with Crippen LogP contribution in [0.1, 0.15) is 51.0 Å². The third-order valence-electron chi connectivity index (χ3n) is 5.68. The molecule has 0 aliphatic carbocycles. The lowest BCUT2D eigenvalue weighted by molar-refractivity contribution is -0.144. The Hall–Kier alpha value is -3.24. The van der Waals surface area contributed by atoms with Crippen LogP contribution in [-0.4, -0.2) is 61.7 Å². The van der Waals surface area contributed by atoms with E-state index < -0.39 is 11.6 Å². The minimum atomic E-state index is -0.895. The van der Waals surface area contributed by atoms with Crippen molar-refractivity contribution in [1.29, 1.82) is 0 Å². The minimum Gasteiger partial charge on any atom is -0.458 e. The Morgan fingerprint density at radius 1 is 1.22 bits per heavy atom. The number of aromatic nitrogens is 4. The molecule has 3 heterocycles. The van der Waals surface area contributed by atoms with E-state index in [2.05, 4.69) is 20.7 Å². The van der Waals surface area contributed by atoms with Gasteiger partial charge in [0.05, 0.1) is 6.10 Å². The number of benzene rings is 1. The molecule has 0 radical (unpaired) electrons. The summed E-state index contributed by atoms with van der Waals surface area (Å²) in [7, 11) is 0. The molecule has 2 aromatic heterocycles. The summed E-state index contributed by atoms with van der Waals surface area (Å²) in [6.45, 7) is 8.19. The zero-order valence-corrected chi connectivity index (χ0v) is 21.7. The normalized spacial score (nSPS) is 16.6. The number of ether oxygens (including phenoxy) is 1. The maximum atomic E-state index is 13.7. The number of aryl methyl sites for hydroxylation is 1. The van der Waals surface area contributed by atoms with E-state index in [1.807, 2.05) is 27.7 Å². The number of furan rings is 1. The van der Waals surface area contributed by atoms with Gasteiger partial charge >= 0.3 is 0 Å². The van der Waals surface area contributed by atoms with E-state index in [1.54, 1.807) is 41.3 Å². The number of carbonyl (C=O) groups is 2. The van der Waals surface area contributed by atoms with Crippen molar-refractivity contribution in [2.45, 2.75) is 64.8 Å². The van der Waals surface area contributed by atoms with Crippen molar-refractivity contribution in [2.75, 3.05) is 13.2 Å². The predicted molar refractivity (Wildman–Crippen MR) is 133 cm³/mol. The SMILES string of the molecule is Cc1ccc(-c2nnn(CC(=O)N(C[C@@H]3CCCO3)[C@H](C(=O)NC(C)(C)C)c3ccc(Cl)cc3)n2)o1. The summed E-state index contributed by atoms with van der Waals surface area (Å²) in [5, 5.41) is 15.9. The molecular weight excluding hydrogens is 484 g/mol. The molecule has 1 N–H and O–H groups in total. The van der Waals surface area contributed by atoms with Gasteiger partial charge in [0.25, 0.3) is 0 Å². The third kappa shape index (κ3) is 6.50. The smallest absolute Gasteiger partial charge is 0.247 e. The summed E-state index contributed by atoms with van der Waals surface area (Å²) in [5.41, 5.74) is 0.148. The highest BCUT2D eigenvalue weighted by molar-refractivity contribution is 6.30. The van der Waals surface area contributed by atoms with Crippen LogP contribution in [-0.2, 0) is 20.9 Å². The second kappa shape index (κ2) is 10.8. The van der Waals surface area contributed by atoms with Crippen LogP contribution < -0.4 is 5.32 Å². The third-order valence-corrected chi connectivity index (χ3v) is 5.93. The fourth-order valence-corrected chi connectivity index (χ4v) is 4.22. The highest BCUT2D eigenvalue weighted by atomic mass is 35.5. The molecule has 1 aliphatic rings. The van der Waals surface area contributed by atoms with E-state index >= 15 is 0 Å². The number of carbonyl (C=O) groups excluding carboxylic acids is 2. The number of nitrogens with one attached hydrogen (secondary N) is 1. The van der Waals surface area contributed by atoms with Crippen molar-refractivity contribution in [3.05, 3.63) is 52.7 Å². The molecule has 2 atom stereocenters. The van der Waals surface area contributed by atoms with Gasteiger partial charge in [0.2, 0.25) is 17.6 Å². The maximum Gasteiger partial charge on any atom is 0.247 e. The lowest BCUT2D eigenvalue weighted by Gasteiger charge is -2.35. The Morgan fingerprint density at radius 2 is 1.97 bits per heavy atom. The molecule has 0 spiro atoms. The van der Waals surface area contributed by atoms with Crippen molar-refractivity contribution >= 4 is 23.4 Å². The van der Waals surface area contributed by atoms with Crippen molar-refractivity contribution in [3.63, 3.8) is 0 Å². The molecule has 1 fully saturated rings. The summed E-state index contributed by atoms with van der Waals surface area (Å²) in [5.74, 6) is 0.826. The summed E-state index contributed by atoms with van der Waals surface area (Å²) < 4.78 is 11.4. The average Bonchev–Trinajstić information content (AvgIpc) is 3.56. The molecule has 1 aromatic carbocycles. The van der Waals surface area contributed by atoms with Crippen LogP contribution in [0.15, 0.2) is 40.8 Å². The van der Waals surface area contributed by atoms with Gasteiger partial charge in [-0.05, 0) is 75.6 Å². The van der Waals surface area contributed by atoms with Gasteiger partial charge in [-0.15, -0.1) is 10.2 Å². The predicted octanol–water partition coefficient (Wildman–Crippen LogP) is 3.56. The number of hydrogen-bond donors (Lipinski definition) is 1. The van der Waals surface area contributed by atoms with Crippen LogP contribution in [0.2, 0.25) is 5.02 Å². The monoisotopic (exact) mass is 514 g/mol. The molecule has 1 saturated heterocycles. The molecule has 4 rings (SSSR count). The minimum absolute atomic E-state index is 0.170. The number of halogens is 1. The second-order valence-corrected chi connectivity index (χ2v) is 10.4. The summed E-state index contributed by atoms with van der Waals surface area (Å²) in [4.78, 5) is 30.0. The van der Waals surface area contributed by atoms with Crippen LogP contribution in [0.4, 0.5) is 0 Å². The Balaban J connectivity index is 1.64. The molecule has 11 heteroatoms. The first-order chi connectivity index (χ1) is 17.1. The van der Waals surface area contributed by atoms with Crippen molar-refractivity contribution in [3.8, 4) is 11.6 Å². The quantitative estimate of drug-likeness (QED) is 0.488. The molecule has 192 valence electrons. The number of nitrogens with zero attached hydrogens (tertiary/aromatic N) is 5. The molecule has 0 unspecified atom stereocenters. The van der Waals surface area contributed by atoms with E-state index in [4.69, 9.17) is 20.8 Å². The fourth-order valence-electron chi connectivity index (χ4n) is 4.09. The van der Waals surface area contributed by atoms with Gasteiger partial charge in [0, 0.05) is 23.7 Å². The first-order valence-corrected chi connectivity index (χ1v) is 12.3. The van der Waals surface area contributed by atoms with E-state index in [0.717, 1.165) is 18.6 Å². The molecular formula is C25H31ClN6O4. The number of tetrazole rings is 1. The zero-order valence-electron chi connectivity index (χ0n) is 20.9. The zero-order chi connectivity index (χ0) is 25.9. The van der Waals surface area contributed by atoms with Crippen LogP contribution in [0.5, 0.6) is 0 Å². The second-order valence-electron chi connectivity index (χ2n) is 9.93. The Bertz CT molecular complexity index is 1190. The van der Waals surface area contributed by atoms with E-state index in [0.29, 0.717) is 23.0 Å². The highest BCUT2D eigenvalue weighted by Crippen LogP contribution is 2.27. The van der Waals surface area contributed by atoms with Crippen molar-refractivity contribution < 1.29 is 18.7 Å². The Labute approximate surface area is 214 Å². The lowest BCUT2D eigenvalue weighted by atomic mass is 10.0. The Kier molecular flexibility index (Phi) is 7.75. The summed E-state index contributed by atoms with van der Waals surface area (Å²) >= 11 is 6.11. The van der Waals surface area contributed by atoms with Gasteiger partial charge in [0.15, 0.2) is 5.76 Å². The van der Waals surface area contributed by atoms with Gasteiger partial charge < -0.3 is 19.4 Å². The van der Waals surface area contributed by atoms with Crippen LogP contribution in [0, 0.1) is 6.92 Å². The van der Waals surface area contributed by atoms with Gasteiger partial charge in [-0.1, -0.05) is 23.7 Å². The summed E-state index contributed by atoms with van der Waals surface area (Å²) in [6, 6.07) is 9.59. The van der Waals surface area contributed by atoms with E-state index in [9.17, 15) is 9.59 Å². The van der Waals surface area contributed by atoms with Gasteiger partial charge in [-0.3, -0.25) is 9.59 Å². The van der Waals surface area contributed by atoms with Crippen molar-refractivity contribution in [2.24, 2.45) is 0 Å². The van der Waals surface area contributed by atoms with E-state index in [1.165, 1.54) is 4.80 Å². The number of amides is 2.